The molecule has 2 fully saturated rings. The highest BCUT2D eigenvalue weighted by molar-refractivity contribution is 6.31. The second-order valence-corrected chi connectivity index (χ2v) is 7.94. The van der Waals surface area contributed by atoms with Gasteiger partial charge in [0.15, 0.2) is 0 Å². The van der Waals surface area contributed by atoms with Crippen LogP contribution in [0.25, 0.3) is 0 Å². The van der Waals surface area contributed by atoms with Gasteiger partial charge in [-0.2, -0.15) is 0 Å². The first-order valence-electron chi connectivity index (χ1n) is 9.90. The molecule has 2 aromatic rings. The van der Waals surface area contributed by atoms with Crippen LogP contribution in [-0.4, -0.2) is 58.1 Å². The molecular formula is C20H24ClFN4O2. The van der Waals surface area contributed by atoms with Crippen molar-refractivity contribution >= 4 is 17.5 Å². The van der Waals surface area contributed by atoms with E-state index in [-0.39, 0.29) is 24.1 Å². The molecule has 0 radical (unpaired) electrons. The summed E-state index contributed by atoms with van der Waals surface area (Å²) in [7, 11) is 0. The van der Waals surface area contributed by atoms with Crippen LogP contribution in [0.15, 0.2) is 22.6 Å². The van der Waals surface area contributed by atoms with Crippen molar-refractivity contribution in [3.63, 3.8) is 0 Å². The van der Waals surface area contributed by atoms with Crippen LogP contribution in [0.4, 0.5) is 4.39 Å². The van der Waals surface area contributed by atoms with Gasteiger partial charge in [0.2, 0.25) is 5.89 Å². The number of hydrogen-bond acceptors (Lipinski definition) is 5. The van der Waals surface area contributed by atoms with Crippen LogP contribution < -0.4 is 0 Å². The molecule has 0 atom stereocenters. The first-order chi connectivity index (χ1) is 13.6. The van der Waals surface area contributed by atoms with Crippen molar-refractivity contribution in [2.45, 2.75) is 44.6 Å². The lowest BCUT2D eigenvalue weighted by molar-refractivity contribution is 0.0489. The summed E-state index contributed by atoms with van der Waals surface area (Å²) in [5, 5.41) is 8.15. The van der Waals surface area contributed by atoms with E-state index in [1.807, 2.05) is 0 Å². The standard InChI is InChI=1S/C20H24ClFN4O2/c21-17-13-15(22)7-6-14(17)12-18-23-24-19(28-18)20(27)26-10-8-25(9-11-26)16-4-2-1-3-5-16/h6-7,13,16H,1-5,8-12H2. The van der Waals surface area contributed by atoms with Gasteiger partial charge in [0.25, 0.3) is 0 Å². The Hall–Kier alpha value is -1.99. The molecule has 2 heterocycles. The van der Waals surface area contributed by atoms with Gasteiger partial charge in [-0.1, -0.05) is 36.9 Å². The Bertz CT molecular complexity index is 829. The fraction of sp³-hybridized carbons (Fsp3) is 0.550. The van der Waals surface area contributed by atoms with E-state index >= 15 is 0 Å². The highest BCUT2D eigenvalue weighted by atomic mass is 35.5. The predicted octanol–water partition coefficient (Wildman–Crippen LogP) is 3.54. The summed E-state index contributed by atoms with van der Waals surface area (Å²) >= 11 is 6.04. The maximum absolute atomic E-state index is 13.2. The third-order valence-electron chi connectivity index (χ3n) is 5.70. The number of hydrogen-bond donors (Lipinski definition) is 0. The third-order valence-corrected chi connectivity index (χ3v) is 6.05. The lowest BCUT2D eigenvalue weighted by Gasteiger charge is -2.40. The van der Waals surface area contributed by atoms with Crippen LogP contribution in [-0.2, 0) is 6.42 Å². The van der Waals surface area contributed by atoms with Crippen LogP contribution in [0.5, 0.6) is 0 Å². The molecule has 2 aliphatic rings. The van der Waals surface area contributed by atoms with Gasteiger partial charge >= 0.3 is 11.8 Å². The van der Waals surface area contributed by atoms with Crippen molar-refractivity contribution in [1.29, 1.82) is 0 Å². The van der Waals surface area contributed by atoms with Gasteiger partial charge in [-0.3, -0.25) is 9.69 Å². The molecule has 8 heteroatoms. The Labute approximate surface area is 168 Å². The van der Waals surface area contributed by atoms with Crippen LogP contribution in [0.1, 0.15) is 54.2 Å². The normalized spacial score (nSPS) is 19.1. The molecule has 150 valence electrons. The second kappa shape index (κ2) is 8.57. The van der Waals surface area contributed by atoms with Crippen molar-refractivity contribution in [3.8, 4) is 0 Å². The molecule has 1 aliphatic heterocycles. The molecule has 1 saturated carbocycles. The average molecular weight is 407 g/mol. The predicted molar refractivity (Wildman–Crippen MR) is 103 cm³/mol. The minimum Gasteiger partial charge on any atom is -0.417 e. The maximum atomic E-state index is 13.2. The number of benzene rings is 1. The van der Waals surface area contributed by atoms with Crippen molar-refractivity contribution < 1.29 is 13.6 Å². The summed E-state index contributed by atoms with van der Waals surface area (Å²) in [5.41, 5.74) is 0.673. The third kappa shape index (κ3) is 4.36. The van der Waals surface area contributed by atoms with E-state index in [1.165, 1.54) is 44.2 Å². The summed E-state index contributed by atoms with van der Waals surface area (Å²) < 4.78 is 18.7. The Morgan fingerprint density at radius 3 is 2.61 bits per heavy atom. The number of carbonyl (C=O) groups excluding carboxylic acids is 1. The molecule has 28 heavy (non-hydrogen) atoms. The fourth-order valence-electron chi connectivity index (χ4n) is 4.11. The van der Waals surface area contributed by atoms with Crippen molar-refractivity contribution in [2.75, 3.05) is 26.2 Å². The summed E-state index contributed by atoms with van der Waals surface area (Å²) in [5.74, 6) is -0.341. The van der Waals surface area contributed by atoms with Crippen molar-refractivity contribution in [1.82, 2.24) is 20.0 Å². The van der Waals surface area contributed by atoms with E-state index in [2.05, 4.69) is 15.1 Å². The molecule has 0 bridgehead atoms. The molecule has 0 unspecified atom stereocenters. The van der Waals surface area contributed by atoms with E-state index in [4.69, 9.17) is 16.0 Å². The van der Waals surface area contributed by atoms with Crippen molar-refractivity contribution in [3.05, 3.63) is 46.4 Å². The van der Waals surface area contributed by atoms with E-state index in [9.17, 15) is 9.18 Å². The SMILES string of the molecule is O=C(c1nnc(Cc2ccc(F)cc2Cl)o1)N1CCN(C2CCCCC2)CC1. The first-order valence-corrected chi connectivity index (χ1v) is 10.3. The molecule has 0 N–H and O–H groups in total. The minimum absolute atomic E-state index is 0.000601. The van der Waals surface area contributed by atoms with Gasteiger partial charge in [-0.05, 0) is 30.5 Å². The van der Waals surface area contributed by atoms with Crippen LogP contribution in [0.2, 0.25) is 5.02 Å². The van der Waals surface area contributed by atoms with E-state index in [0.717, 1.165) is 13.1 Å². The Balaban J connectivity index is 1.34. The molecule has 1 aliphatic carbocycles. The molecule has 1 aromatic heterocycles. The highest BCUT2D eigenvalue weighted by Gasteiger charge is 2.29. The Morgan fingerprint density at radius 1 is 1.14 bits per heavy atom. The molecule has 0 spiro atoms. The number of aromatic nitrogens is 2. The van der Waals surface area contributed by atoms with Crippen LogP contribution in [0, 0.1) is 5.82 Å². The minimum atomic E-state index is -0.400. The smallest absolute Gasteiger partial charge is 0.311 e. The topological polar surface area (TPSA) is 62.5 Å². The summed E-state index contributed by atoms with van der Waals surface area (Å²) in [6, 6.07) is 4.82. The monoisotopic (exact) mass is 406 g/mol. The quantitative estimate of drug-likeness (QED) is 0.777. The summed E-state index contributed by atoms with van der Waals surface area (Å²) in [4.78, 5) is 17.0. The lowest BCUT2D eigenvalue weighted by Crippen LogP contribution is -2.52. The average Bonchev–Trinajstić information content (AvgIpc) is 3.19. The number of piperazine rings is 1. The van der Waals surface area contributed by atoms with Gasteiger partial charge in [-0.25, -0.2) is 4.39 Å². The summed E-state index contributed by atoms with van der Waals surface area (Å²) in [6.45, 7) is 3.14. The Kier molecular flexibility index (Phi) is 5.92. The lowest BCUT2D eigenvalue weighted by atomic mass is 9.94. The van der Waals surface area contributed by atoms with Crippen molar-refractivity contribution in [2.24, 2.45) is 0 Å². The molecule has 1 saturated heterocycles. The summed E-state index contributed by atoms with van der Waals surface area (Å²) in [6.07, 6.45) is 6.77. The largest absolute Gasteiger partial charge is 0.417 e. The van der Waals surface area contributed by atoms with Crippen LogP contribution in [0.3, 0.4) is 0 Å². The number of halogens is 2. The number of amides is 1. The fourth-order valence-corrected chi connectivity index (χ4v) is 4.35. The highest BCUT2D eigenvalue weighted by Crippen LogP contribution is 2.24. The van der Waals surface area contributed by atoms with E-state index in [0.29, 0.717) is 29.7 Å². The van der Waals surface area contributed by atoms with Crippen LogP contribution >= 0.6 is 11.6 Å². The maximum Gasteiger partial charge on any atom is 0.311 e. The van der Waals surface area contributed by atoms with Gasteiger partial charge in [0.05, 0.1) is 6.42 Å². The number of carbonyl (C=O) groups is 1. The number of nitrogens with zero attached hydrogens (tertiary/aromatic N) is 4. The number of rotatable bonds is 4. The van der Waals surface area contributed by atoms with Gasteiger partial charge in [-0.15, -0.1) is 10.2 Å². The molecule has 1 aromatic carbocycles. The van der Waals surface area contributed by atoms with Gasteiger partial charge < -0.3 is 9.32 Å². The van der Waals surface area contributed by atoms with Gasteiger partial charge in [0.1, 0.15) is 5.82 Å². The molecular weight excluding hydrogens is 383 g/mol. The zero-order chi connectivity index (χ0) is 19.5. The molecule has 4 rings (SSSR count). The Morgan fingerprint density at radius 2 is 1.89 bits per heavy atom. The first kappa shape index (κ1) is 19.3. The molecule has 1 amide bonds. The molecule has 6 nitrogen and oxygen atoms in total. The van der Waals surface area contributed by atoms with E-state index in [1.54, 1.807) is 11.0 Å². The second-order valence-electron chi connectivity index (χ2n) is 7.53. The van der Waals surface area contributed by atoms with E-state index < -0.39 is 5.82 Å². The zero-order valence-electron chi connectivity index (χ0n) is 15.7. The van der Waals surface area contributed by atoms with Gasteiger partial charge in [0, 0.05) is 37.2 Å². The zero-order valence-corrected chi connectivity index (χ0v) is 16.5.